The molecule has 8 heteroatoms. The highest BCUT2D eigenvalue weighted by Crippen LogP contribution is 2.14. The van der Waals surface area contributed by atoms with Gasteiger partial charge in [0.2, 0.25) is 5.91 Å². The number of amides is 1. The Labute approximate surface area is 175 Å². The van der Waals surface area contributed by atoms with Gasteiger partial charge in [0.15, 0.2) is 0 Å². The second kappa shape index (κ2) is 11.5. The number of rotatable bonds is 10. The van der Waals surface area contributed by atoms with Crippen LogP contribution in [0.2, 0.25) is 0 Å². The first kappa shape index (κ1) is 22.8. The fourth-order valence-electron chi connectivity index (χ4n) is 2.64. The van der Waals surface area contributed by atoms with E-state index in [0.717, 1.165) is 13.1 Å². The summed E-state index contributed by atoms with van der Waals surface area (Å²) in [7, 11) is 0. The molecular formula is C22H25N3O5. The largest absolute Gasteiger partial charge is 0.461 e. The fraction of sp³-hybridized carbons (Fsp3) is 0.273. The van der Waals surface area contributed by atoms with Crippen LogP contribution in [-0.2, 0) is 9.53 Å². The van der Waals surface area contributed by atoms with Crippen molar-refractivity contribution in [1.29, 1.82) is 0 Å². The minimum Gasteiger partial charge on any atom is -0.461 e. The number of non-ortho nitro benzene ring substituents is 1. The van der Waals surface area contributed by atoms with Gasteiger partial charge in [-0.2, -0.15) is 0 Å². The number of hydrogen-bond acceptors (Lipinski definition) is 6. The van der Waals surface area contributed by atoms with Crippen molar-refractivity contribution in [3.05, 3.63) is 75.8 Å². The zero-order chi connectivity index (χ0) is 21.9. The van der Waals surface area contributed by atoms with Gasteiger partial charge < -0.3 is 15.0 Å². The number of anilines is 1. The molecule has 2 aromatic carbocycles. The number of carbonyl (C=O) groups excluding carboxylic acids is 2. The minimum atomic E-state index is -0.481. The van der Waals surface area contributed by atoms with Crippen LogP contribution in [0.1, 0.15) is 29.8 Å². The number of nitro groups is 1. The lowest BCUT2D eigenvalue weighted by Gasteiger charge is -2.17. The first-order valence-corrected chi connectivity index (χ1v) is 9.66. The normalized spacial score (nSPS) is 10.9. The highest BCUT2D eigenvalue weighted by atomic mass is 16.6. The van der Waals surface area contributed by atoms with Crippen LogP contribution in [-0.4, -0.2) is 47.9 Å². The Morgan fingerprint density at radius 2 is 1.70 bits per heavy atom. The molecule has 2 rings (SSSR count). The predicted molar refractivity (Wildman–Crippen MR) is 115 cm³/mol. The van der Waals surface area contributed by atoms with Crippen LogP contribution in [0.25, 0.3) is 6.08 Å². The van der Waals surface area contributed by atoms with E-state index in [9.17, 15) is 19.7 Å². The molecule has 0 fully saturated rings. The Kier molecular flexibility index (Phi) is 8.71. The summed E-state index contributed by atoms with van der Waals surface area (Å²) in [6.07, 6.45) is 2.89. The van der Waals surface area contributed by atoms with Crippen molar-refractivity contribution in [2.75, 3.05) is 31.6 Å². The molecular weight excluding hydrogens is 386 g/mol. The summed E-state index contributed by atoms with van der Waals surface area (Å²) >= 11 is 0. The summed E-state index contributed by atoms with van der Waals surface area (Å²) in [5.74, 6) is -0.763. The zero-order valence-electron chi connectivity index (χ0n) is 17.0. The van der Waals surface area contributed by atoms with Crippen LogP contribution in [0.5, 0.6) is 0 Å². The molecule has 0 saturated carbocycles. The molecule has 0 bridgehead atoms. The van der Waals surface area contributed by atoms with E-state index in [4.69, 9.17) is 4.74 Å². The van der Waals surface area contributed by atoms with Crippen molar-refractivity contribution >= 4 is 29.3 Å². The highest BCUT2D eigenvalue weighted by molar-refractivity contribution is 6.02. The molecule has 0 aliphatic carbocycles. The number of nitrogens with zero attached hydrogens (tertiary/aromatic N) is 2. The van der Waals surface area contributed by atoms with E-state index in [2.05, 4.69) is 24.1 Å². The molecule has 30 heavy (non-hydrogen) atoms. The van der Waals surface area contributed by atoms with E-state index in [-0.39, 0.29) is 11.6 Å². The number of likely N-dealkylation sites (N-methyl/N-ethyl adjacent to an activating group) is 1. The summed E-state index contributed by atoms with van der Waals surface area (Å²) in [6.45, 7) is 6.93. The van der Waals surface area contributed by atoms with Crippen molar-refractivity contribution in [3.8, 4) is 0 Å². The Balaban J connectivity index is 1.85. The van der Waals surface area contributed by atoms with Gasteiger partial charge in [-0.3, -0.25) is 14.9 Å². The average molecular weight is 411 g/mol. The summed E-state index contributed by atoms with van der Waals surface area (Å²) in [6, 6.07) is 12.3. The Bertz CT molecular complexity index is 888. The topological polar surface area (TPSA) is 102 Å². The van der Waals surface area contributed by atoms with Crippen LogP contribution in [0.3, 0.4) is 0 Å². The maximum absolute atomic E-state index is 12.1. The van der Waals surface area contributed by atoms with Crippen LogP contribution >= 0.6 is 0 Å². The molecule has 1 N–H and O–H groups in total. The average Bonchev–Trinajstić information content (AvgIpc) is 2.76. The number of nitro benzene ring substituents is 1. The highest BCUT2D eigenvalue weighted by Gasteiger charge is 2.09. The molecule has 0 radical (unpaired) electrons. The molecule has 0 saturated heterocycles. The molecule has 0 aromatic heterocycles. The van der Waals surface area contributed by atoms with Gasteiger partial charge in [0.05, 0.1) is 10.5 Å². The van der Waals surface area contributed by atoms with Gasteiger partial charge in [0.1, 0.15) is 6.61 Å². The number of esters is 1. The Morgan fingerprint density at radius 3 is 2.27 bits per heavy atom. The molecule has 0 aliphatic heterocycles. The third-order valence-electron chi connectivity index (χ3n) is 4.45. The van der Waals surface area contributed by atoms with Crippen molar-refractivity contribution in [2.45, 2.75) is 13.8 Å². The maximum atomic E-state index is 12.1. The Morgan fingerprint density at radius 1 is 1.07 bits per heavy atom. The zero-order valence-corrected chi connectivity index (χ0v) is 17.0. The van der Waals surface area contributed by atoms with Gasteiger partial charge in [-0.1, -0.05) is 13.8 Å². The molecule has 0 aliphatic rings. The van der Waals surface area contributed by atoms with Gasteiger partial charge in [0.25, 0.3) is 5.69 Å². The van der Waals surface area contributed by atoms with Gasteiger partial charge >= 0.3 is 5.97 Å². The number of hydrogen-bond donors (Lipinski definition) is 1. The summed E-state index contributed by atoms with van der Waals surface area (Å²) in [5.41, 5.74) is 1.60. The van der Waals surface area contributed by atoms with E-state index in [1.54, 1.807) is 42.5 Å². The second-order valence-corrected chi connectivity index (χ2v) is 6.41. The van der Waals surface area contributed by atoms with Gasteiger partial charge in [0, 0.05) is 30.4 Å². The lowest BCUT2D eigenvalue weighted by molar-refractivity contribution is -0.384. The molecule has 0 atom stereocenters. The first-order chi connectivity index (χ1) is 14.4. The molecule has 8 nitrogen and oxygen atoms in total. The van der Waals surface area contributed by atoms with E-state index in [0.29, 0.717) is 30.0 Å². The first-order valence-electron chi connectivity index (χ1n) is 9.66. The van der Waals surface area contributed by atoms with E-state index >= 15 is 0 Å². The molecule has 158 valence electrons. The van der Waals surface area contributed by atoms with Crippen LogP contribution in [0, 0.1) is 10.1 Å². The maximum Gasteiger partial charge on any atom is 0.338 e. The van der Waals surface area contributed by atoms with Crippen LogP contribution in [0.15, 0.2) is 54.6 Å². The molecule has 0 heterocycles. The SMILES string of the molecule is CCN(CC)CCOC(=O)c1ccc(NC(=O)/C=C/c2ccc([N+](=O)[O-])cc2)cc1. The van der Waals surface area contributed by atoms with E-state index in [1.807, 2.05) is 0 Å². The van der Waals surface area contributed by atoms with Crippen molar-refractivity contribution in [2.24, 2.45) is 0 Å². The quantitative estimate of drug-likeness (QED) is 0.277. The molecule has 1 amide bonds. The number of benzene rings is 2. The monoisotopic (exact) mass is 411 g/mol. The van der Waals surface area contributed by atoms with Crippen LogP contribution < -0.4 is 5.32 Å². The van der Waals surface area contributed by atoms with Crippen molar-refractivity contribution in [3.63, 3.8) is 0 Å². The summed E-state index contributed by atoms with van der Waals surface area (Å²) in [5, 5.41) is 13.3. The van der Waals surface area contributed by atoms with Crippen molar-refractivity contribution in [1.82, 2.24) is 4.90 Å². The lowest BCUT2D eigenvalue weighted by atomic mass is 10.2. The third-order valence-corrected chi connectivity index (χ3v) is 4.45. The summed E-state index contributed by atoms with van der Waals surface area (Å²) in [4.78, 5) is 36.4. The standard InChI is InChI=1S/C22H25N3O5/c1-3-24(4-2)15-16-30-22(27)18-8-10-19(11-9-18)23-21(26)14-7-17-5-12-20(13-6-17)25(28)29/h5-14H,3-4,15-16H2,1-2H3,(H,23,26)/b14-7+. The minimum absolute atomic E-state index is 0.0109. The third kappa shape index (κ3) is 7.14. The molecule has 0 unspecified atom stereocenters. The smallest absolute Gasteiger partial charge is 0.338 e. The summed E-state index contributed by atoms with van der Waals surface area (Å²) < 4.78 is 5.27. The predicted octanol–water partition coefficient (Wildman–Crippen LogP) is 3.75. The van der Waals surface area contributed by atoms with Gasteiger partial charge in [-0.15, -0.1) is 0 Å². The van der Waals surface area contributed by atoms with Crippen LogP contribution in [0.4, 0.5) is 11.4 Å². The lowest BCUT2D eigenvalue weighted by Crippen LogP contribution is -2.27. The second-order valence-electron chi connectivity index (χ2n) is 6.41. The van der Waals surface area contributed by atoms with E-state index in [1.165, 1.54) is 18.2 Å². The van der Waals surface area contributed by atoms with E-state index < -0.39 is 10.9 Å². The number of nitrogens with one attached hydrogen (secondary N) is 1. The fourth-order valence-corrected chi connectivity index (χ4v) is 2.64. The number of carbonyl (C=O) groups is 2. The van der Waals surface area contributed by atoms with Gasteiger partial charge in [-0.25, -0.2) is 4.79 Å². The number of ether oxygens (including phenoxy) is 1. The van der Waals surface area contributed by atoms with Crippen molar-refractivity contribution < 1.29 is 19.2 Å². The Hall–Kier alpha value is -3.52. The molecule has 0 spiro atoms. The molecule has 2 aromatic rings. The van der Waals surface area contributed by atoms with Gasteiger partial charge in [-0.05, 0) is 61.1 Å².